The van der Waals surface area contributed by atoms with E-state index in [1.54, 1.807) is 11.0 Å². The largest absolute Gasteiger partial charge is 0.309 e. The van der Waals surface area contributed by atoms with Gasteiger partial charge in [-0.15, -0.1) is 12.4 Å². The van der Waals surface area contributed by atoms with Crippen LogP contribution >= 0.6 is 35.3 Å². The first kappa shape index (κ1) is 21.6. The number of benzene rings is 2. The van der Waals surface area contributed by atoms with Crippen molar-refractivity contribution in [2.24, 2.45) is 0 Å². The van der Waals surface area contributed by atoms with Gasteiger partial charge in [0, 0.05) is 17.1 Å². The molecular weight excluding hydrogens is 408 g/mol. The van der Waals surface area contributed by atoms with Crippen LogP contribution in [0.5, 0.6) is 0 Å². The molecule has 0 saturated carbocycles. The van der Waals surface area contributed by atoms with Gasteiger partial charge in [0.1, 0.15) is 5.82 Å². The molecule has 8 heteroatoms. The molecule has 4 nitrogen and oxygen atoms in total. The highest BCUT2D eigenvalue weighted by Gasteiger charge is 2.21. The fourth-order valence-electron chi connectivity index (χ4n) is 2.58. The molecule has 0 radical (unpaired) electrons. The highest BCUT2D eigenvalue weighted by molar-refractivity contribution is 7.22. The molecule has 0 N–H and O–H groups in total. The fourth-order valence-corrected chi connectivity index (χ4v) is 3.85. The molecule has 0 unspecified atom stereocenters. The van der Waals surface area contributed by atoms with E-state index in [0.29, 0.717) is 22.3 Å². The van der Waals surface area contributed by atoms with E-state index in [1.165, 1.54) is 35.6 Å². The van der Waals surface area contributed by atoms with Crippen LogP contribution in [-0.2, 0) is 0 Å². The number of halogens is 3. The molecule has 0 spiro atoms. The number of nitrogens with zero attached hydrogens (tertiary/aromatic N) is 3. The Bertz CT molecular complexity index is 915. The summed E-state index contributed by atoms with van der Waals surface area (Å²) in [5.41, 5.74) is 1.24. The molecule has 1 amide bonds. The van der Waals surface area contributed by atoms with Crippen LogP contribution in [0.2, 0.25) is 5.02 Å². The van der Waals surface area contributed by atoms with E-state index in [4.69, 9.17) is 11.6 Å². The van der Waals surface area contributed by atoms with E-state index < -0.39 is 0 Å². The number of rotatable bonds is 6. The summed E-state index contributed by atoms with van der Waals surface area (Å²) in [5, 5.41) is 1.26. The lowest BCUT2D eigenvalue weighted by molar-refractivity contribution is 0.0986. The van der Waals surface area contributed by atoms with Gasteiger partial charge in [-0.05, 0) is 69.5 Å². The van der Waals surface area contributed by atoms with Gasteiger partial charge in [-0.2, -0.15) is 0 Å². The summed E-state index contributed by atoms with van der Waals surface area (Å²) >= 11 is 7.48. The van der Waals surface area contributed by atoms with E-state index in [-0.39, 0.29) is 24.1 Å². The van der Waals surface area contributed by atoms with Crippen molar-refractivity contribution in [2.75, 3.05) is 32.1 Å². The number of hydrogen-bond donors (Lipinski definition) is 0. The monoisotopic (exact) mass is 427 g/mol. The maximum absolute atomic E-state index is 13.2. The van der Waals surface area contributed by atoms with Crippen molar-refractivity contribution in [1.82, 2.24) is 9.88 Å². The van der Waals surface area contributed by atoms with E-state index >= 15 is 0 Å². The van der Waals surface area contributed by atoms with E-state index in [1.807, 2.05) is 26.2 Å². The maximum Gasteiger partial charge on any atom is 0.260 e. The lowest BCUT2D eigenvalue weighted by Gasteiger charge is -2.21. The third-order valence-corrected chi connectivity index (χ3v) is 5.17. The molecule has 0 aliphatic heterocycles. The molecule has 0 atom stereocenters. The number of hydrogen-bond acceptors (Lipinski definition) is 4. The predicted octanol–water partition coefficient (Wildman–Crippen LogP) is 5.11. The number of carbonyl (C=O) groups excluding carboxylic acids is 1. The summed E-state index contributed by atoms with van der Waals surface area (Å²) in [6.45, 7) is 1.38. The van der Waals surface area contributed by atoms with Crippen LogP contribution in [0.1, 0.15) is 16.8 Å². The van der Waals surface area contributed by atoms with Crippen molar-refractivity contribution < 1.29 is 9.18 Å². The Balaban J connectivity index is 0.00000261. The molecule has 1 aromatic heterocycles. The predicted molar refractivity (Wildman–Crippen MR) is 113 cm³/mol. The average molecular weight is 428 g/mol. The van der Waals surface area contributed by atoms with Crippen LogP contribution in [-0.4, -0.2) is 43.0 Å². The summed E-state index contributed by atoms with van der Waals surface area (Å²) in [7, 11) is 3.98. The quantitative estimate of drug-likeness (QED) is 0.548. The highest BCUT2D eigenvalue weighted by Crippen LogP contribution is 2.31. The minimum Gasteiger partial charge on any atom is -0.309 e. The van der Waals surface area contributed by atoms with E-state index in [0.717, 1.165) is 23.2 Å². The zero-order chi connectivity index (χ0) is 18.7. The highest BCUT2D eigenvalue weighted by atomic mass is 35.5. The second kappa shape index (κ2) is 9.46. The molecule has 0 fully saturated rings. The first-order valence-corrected chi connectivity index (χ1v) is 9.42. The topological polar surface area (TPSA) is 36.4 Å². The zero-order valence-corrected chi connectivity index (χ0v) is 17.4. The summed E-state index contributed by atoms with van der Waals surface area (Å²) in [6, 6.07) is 11.1. The number of carbonyl (C=O) groups is 1. The summed E-state index contributed by atoms with van der Waals surface area (Å²) in [6.07, 6.45) is 0.802. The first-order valence-electron chi connectivity index (χ1n) is 8.22. The molecule has 0 aliphatic rings. The van der Waals surface area contributed by atoms with E-state index in [2.05, 4.69) is 9.88 Å². The van der Waals surface area contributed by atoms with Gasteiger partial charge in [-0.3, -0.25) is 9.69 Å². The van der Waals surface area contributed by atoms with Gasteiger partial charge in [0.05, 0.1) is 10.2 Å². The third-order valence-electron chi connectivity index (χ3n) is 3.89. The van der Waals surface area contributed by atoms with Gasteiger partial charge in [-0.1, -0.05) is 22.9 Å². The molecule has 27 heavy (non-hydrogen) atoms. The molecule has 3 aromatic rings. The Morgan fingerprint density at radius 3 is 2.52 bits per heavy atom. The van der Waals surface area contributed by atoms with Crippen molar-refractivity contribution in [1.29, 1.82) is 0 Å². The number of thiazole rings is 1. The molecule has 1 heterocycles. The van der Waals surface area contributed by atoms with Crippen LogP contribution in [0.25, 0.3) is 10.2 Å². The van der Waals surface area contributed by atoms with Gasteiger partial charge in [0.2, 0.25) is 0 Å². The van der Waals surface area contributed by atoms with Crippen LogP contribution in [0.15, 0.2) is 42.5 Å². The molecular formula is C19H20Cl2FN3OS. The van der Waals surface area contributed by atoms with Crippen LogP contribution in [0.4, 0.5) is 9.52 Å². The Morgan fingerprint density at radius 2 is 1.85 bits per heavy atom. The lowest BCUT2D eigenvalue weighted by atomic mass is 10.2. The molecule has 0 bridgehead atoms. The standard InChI is InChI=1S/C19H19ClFN3OS.ClH/c1-23(2)10-3-11-24(18(25)13-4-7-15(21)8-5-13)19-22-16-9-6-14(20)12-17(16)26-19;/h4-9,12H,3,10-11H2,1-2H3;1H. The molecule has 0 aliphatic carbocycles. The zero-order valence-electron chi connectivity index (χ0n) is 15.0. The first-order chi connectivity index (χ1) is 12.4. The SMILES string of the molecule is CN(C)CCCN(C(=O)c1ccc(F)cc1)c1nc2ccc(Cl)cc2s1.Cl. The fraction of sp³-hybridized carbons (Fsp3) is 0.263. The smallest absolute Gasteiger partial charge is 0.260 e. The van der Waals surface area contributed by atoms with Crippen LogP contribution in [0.3, 0.4) is 0 Å². The number of fused-ring (bicyclic) bond motifs is 1. The van der Waals surface area contributed by atoms with Crippen molar-refractivity contribution >= 4 is 56.6 Å². The van der Waals surface area contributed by atoms with Gasteiger partial charge in [0.25, 0.3) is 5.91 Å². The molecule has 3 rings (SSSR count). The van der Waals surface area contributed by atoms with E-state index in [9.17, 15) is 9.18 Å². The average Bonchev–Trinajstić information content (AvgIpc) is 3.01. The Kier molecular flexibility index (Phi) is 7.56. The second-order valence-electron chi connectivity index (χ2n) is 6.23. The maximum atomic E-state index is 13.2. The molecule has 2 aromatic carbocycles. The Morgan fingerprint density at radius 1 is 1.15 bits per heavy atom. The van der Waals surface area contributed by atoms with Crippen molar-refractivity contribution in [3.05, 3.63) is 58.9 Å². The minimum atomic E-state index is -0.365. The Hall–Kier alpha value is -1.73. The van der Waals surface area contributed by atoms with Gasteiger partial charge < -0.3 is 4.90 Å². The number of amides is 1. The summed E-state index contributed by atoms with van der Waals surface area (Å²) in [4.78, 5) is 21.3. The lowest BCUT2D eigenvalue weighted by Crippen LogP contribution is -2.33. The van der Waals surface area contributed by atoms with Crippen molar-refractivity contribution in [3.63, 3.8) is 0 Å². The summed E-state index contributed by atoms with van der Waals surface area (Å²) < 4.78 is 14.1. The van der Waals surface area contributed by atoms with Crippen LogP contribution in [0, 0.1) is 5.82 Å². The molecule has 144 valence electrons. The van der Waals surface area contributed by atoms with Crippen molar-refractivity contribution in [3.8, 4) is 0 Å². The Labute approximate surface area is 173 Å². The van der Waals surface area contributed by atoms with Gasteiger partial charge >= 0.3 is 0 Å². The minimum absolute atomic E-state index is 0. The second-order valence-corrected chi connectivity index (χ2v) is 7.67. The van der Waals surface area contributed by atoms with Gasteiger partial charge in [0.15, 0.2) is 5.13 Å². The van der Waals surface area contributed by atoms with Crippen LogP contribution < -0.4 is 4.90 Å². The third kappa shape index (κ3) is 5.39. The van der Waals surface area contributed by atoms with Crippen molar-refractivity contribution in [2.45, 2.75) is 6.42 Å². The van der Waals surface area contributed by atoms with Gasteiger partial charge in [-0.25, -0.2) is 9.37 Å². The number of aromatic nitrogens is 1. The molecule has 0 saturated heterocycles. The normalized spacial score (nSPS) is 10.9. The summed E-state index contributed by atoms with van der Waals surface area (Å²) in [5.74, 6) is -0.552. The number of anilines is 1.